The SMILES string of the molecule is COCCS(=O)(=O)N(C)CC(=O)Nc1c(C)cccc1C. The molecule has 0 unspecified atom stereocenters. The number of nitrogens with one attached hydrogen (secondary N) is 1. The first-order chi connectivity index (χ1) is 9.77. The highest BCUT2D eigenvalue weighted by atomic mass is 32.2. The van der Waals surface area contributed by atoms with Gasteiger partial charge in [-0.1, -0.05) is 18.2 Å². The molecule has 6 nitrogen and oxygen atoms in total. The zero-order valence-electron chi connectivity index (χ0n) is 12.8. The van der Waals surface area contributed by atoms with E-state index in [4.69, 9.17) is 4.74 Å². The van der Waals surface area contributed by atoms with E-state index in [9.17, 15) is 13.2 Å². The van der Waals surface area contributed by atoms with Gasteiger partial charge in [0.25, 0.3) is 0 Å². The first-order valence-corrected chi connectivity index (χ1v) is 8.18. The molecule has 0 atom stereocenters. The quantitative estimate of drug-likeness (QED) is 0.819. The highest BCUT2D eigenvalue weighted by Gasteiger charge is 2.20. The van der Waals surface area contributed by atoms with E-state index in [1.54, 1.807) is 0 Å². The number of hydrogen-bond donors (Lipinski definition) is 1. The summed E-state index contributed by atoms with van der Waals surface area (Å²) in [7, 11) is -0.665. The molecule has 0 aliphatic rings. The molecule has 21 heavy (non-hydrogen) atoms. The number of aryl methyl sites for hydroxylation is 2. The molecule has 0 heterocycles. The Bertz CT molecular complexity index is 579. The lowest BCUT2D eigenvalue weighted by Gasteiger charge is -2.17. The summed E-state index contributed by atoms with van der Waals surface area (Å²) in [5.41, 5.74) is 2.60. The molecule has 7 heteroatoms. The maximum Gasteiger partial charge on any atom is 0.239 e. The number of hydrogen-bond acceptors (Lipinski definition) is 4. The Morgan fingerprint density at radius 3 is 2.38 bits per heavy atom. The van der Waals surface area contributed by atoms with Gasteiger partial charge < -0.3 is 10.1 Å². The standard InChI is InChI=1S/C14H22N2O4S/c1-11-6-5-7-12(2)14(11)15-13(17)10-16(3)21(18,19)9-8-20-4/h5-7H,8-10H2,1-4H3,(H,15,17). The van der Waals surface area contributed by atoms with E-state index in [1.807, 2.05) is 32.0 Å². The van der Waals surface area contributed by atoms with Crippen molar-refractivity contribution in [3.05, 3.63) is 29.3 Å². The van der Waals surface area contributed by atoms with Crippen LogP contribution >= 0.6 is 0 Å². The Kier molecular flexibility index (Phi) is 6.32. The zero-order valence-corrected chi connectivity index (χ0v) is 13.7. The molecule has 1 aromatic rings. The molecule has 0 aliphatic carbocycles. The molecule has 0 saturated heterocycles. The molecule has 1 rings (SSSR count). The van der Waals surface area contributed by atoms with Crippen LogP contribution in [-0.2, 0) is 19.6 Å². The third kappa shape index (κ3) is 5.11. The third-order valence-electron chi connectivity index (χ3n) is 3.13. The Balaban J connectivity index is 2.70. The van der Waals surface area contributed by atoms with Gasteiger partial charge in [0.15, 0.2) is 0 Å². The first kappa shape index (κ1) is 17.6. The van der Waals surface area contributed by atoms with Crippen molar-refractivity contribution in [3.8, 4) is 0 Å². The maximum atomic E-state index is 12.0. The van der Waals surface area contributed by atoms with E-state index >= 15 is 0 Å². The highest BCUT2D eigenvalue weighted by Crippen LogP contribution is 2.19. The van der Waals surface area contributed by atoms with Crippen LogP contribution in [0, 0.1) is 13.8 Å². The summed E-state index contributed by atoms with van der Waals surface area (Å²) in [6.07, 6.45) is 0. The summed E-state index contributed by atoms with van der Waals surface area (Å²) in [5.74, 6) is -0.507. The molecule has 118 valence electrons. The molecule has 0 fully saturated rings. The van der Waals surface area contributed by atoms with Crippen LogP contribution in [-0.4, -0.2) is 51.7 Å². The number of para-hydroxylation sites is 1. The highest BCUT2D eigenvalue weighted by molar-refractivity contribution is 7.89. The van der Waals surface area contributed by atoms with Gasteiger partial charge in [0, 0.05) is 19.8 Å². The maximum absolute atomic E-state index is 12.0. The summed E-state index contributed by atoms with van der Waals surface area (Å²) in [6, 6.07) is 5.69. The normalized spacial score (nSPS) is 11.7. The van der Waals surface area contributed by atoms with Crippen molar-refractivity contribution in [1.29, 1.82) is 0 Å². The molecule has 0 spiro atoms. The Hall–Kier alpha value is -1.44. The number of benzene rings is 1. The number of sulfonamides is 1. The topological polar surface area (TPSA) is 75.7 Å². The Labute approximate surface area is 126 Å². The van der Waals surface area contributed by atoms with Crippen molar-refractivity contribution in [2.45, 2.75) is 13.8 Å². The van der Waals surface area contributed by atoms with E-state index in [1.165, 1.54) is 14.2 Å². The van der Waals surface area contributed by atoms with Gasteiger partial charge in [-0.25, -0.2) is 8.42 Å². The summed E-state index contributed by atoms with van der Waals surface area (Å²) in [5, 5.41) is 2.76. The molecule has 0 bridgehead atoms. The van der Waals surface area contributed by atoms with E-state index in [2.05, 4.69) is 5.32 Å². The Morgan fingerprint density at radius 1 is 1.29 bits per heavy atom. The van der Waals surface area contributed by atoms with E-state index in [-0.39, 0.29) is 24.8 Å². The molecular weight excluding hydrogens is 292 g/mol. The van der Waals surface area contributed by atoms with Crippen molar-refractivity contribution in [2.24, 2.45) is 0 Å². The molecule has 1 N–H and O–H groups in total. The van der Waals surface area contributed by atoms with Gasteiger partial charge in [0.2, 0.25) is 15.9 Å². The number of carbonyl (C=O) groups is 1. The van der Waals surface area contributed by atoms with Crippen LogP contribution in [0.5, 0.6) is 0 Å². The average Bonchev–Trinajstić information content (AvgIpc) is 2.40. The average molecular weight is 314 g/mol. The Morgan fingerprint density at radius 2 is 1.86 bits per heavy atom. The predicted molar refractivity (Wildman–Crippen MR) is 82.8 cm³/mol. The van der Waals surface area contributed by atoms with Crippen molar-refractivity contribution >= 4 is 21.6 Å². The molecule has 1 aromatic carbocycles. The predicted octanol–water partition coefficient (Wildman–Crippen LogP) is 1.15. The second-order valence-corrected chi connectivity index (χ2v) is 7.08. The summed E-state index contributed by atoms with van der Waals surface area (Å²) in [6.45, 7) is 3.66. The van der Waals surface area contributed by atoms with Gasteiger partial charge in [-0.05, 0) is 25.0 Å². The second kappa shape index (κ2) is 7.53. The van der Waals surface area contributed by atoms with Crippen LogP contribution in [0.15, 0.2) is 18.2 Å². The molecule has 0 saturated carbocycles. The van der Waals surface area contributed by atoms with Crippen LogP contribution in [0.4, 0.5) is 5.69 Å². The number of likely N-dealkylation sites (N-methyl/N-ethyl adjacent to an activating group) is 1. The number of ether oxygens (including phenoxy) is 1. The van der Waals surface area contributed by atoms with Crippen LogP contribution in [0.3, 0.4) is 0 Å². The fourth-order valence-electron chi connectivity index (χ4n) is 1.84. The third-order valence-corrected chi connectivity index (χ3v) is 4.89. The summed E-state index contributed by atoms with van der Waals surface area (Å²) in [4.78, 5) is 12.0. The van der Waals surface area contributed by atoms with Crippen molar-refractivity contribution in [1.82, 2.24) is 4.31 Å². The molecular formula is C14H22N2O4S. The smallest absolute Gasteiger partial charge is 0.239 e. The minimum absolute atomic E-state index is 0.102. The van der Waals surface area contributed by atoms with E-state index < -0.39 is 10.0 Å². The van der Waals surface area contributed by atoms with Crippen LogP contribution in [0.25, 0.3) is 0 Å². The van der Waals surface area contributed by atoms with Gasteiger partial charge in [-0.2, -0.15) is 4.31 Å². The lowest BCUT2D eigenvalue weighted by molar-refractivity contribution is -0.116. The van der Waals surface area contributed by atoms with Gasteiger partial charge in [0.1, 0.15) is 0 Å². The lowest BCUT2D eigenvalue weighted by Crippen LogP contribution is -2.37. The lowest BCUT2D eigenvalue weighted by atomic mass is 10.1. The van der Waals surface area contributed by atoms with Gasteiger partial charge in [0.05, 0.1) is 18.9 Å². The summed E-state index contributed by atoms with van der Waals surface area (Å²) >= 11 is 0. The largest absolute Gasteiger partial charge is 0.384 e. The number of nitrogens with zero attached hydrogens (tertiary/aromatic N) is 1. The van der Waals surface area contributed by atoms with Crippen molar-refractivity contribution in [3.63, 3.8) is 0 Å². The van der Waals surface area contributed by atoms with Crippen LogP contribution in [0.1, 0.15) is 11.1 Å². The number of rotatable bonds is 7. The minimum atomic E-state index is -3.48. The number of methoxy groups -OCH3 is 1. The molecule has 0 aliphatic heterocycles. The first-order valence-electron chi connectivity index (χ1n) is 6.57. The van der Waals surface area contributed by atoms with E-state index in [0.29, 0.717) is 0 Å². The molecule has 0 radical (unpaired) electrons. The van der Waals surface area contributed by atoms with Crippen molar-refractivity contribution < 1.29 is 17.9 Å². The van der Waals surface area contributed by atoms with Gasteiger partial charge in [-0.15, -0.1) is 0 Å². The number of amides is 1. The minimum Gasteiger partial charge on any atom is -0.384 e. The van der Waals surface area contributed by atoms with Crippen molar-refractivity contribution in [2.75, 3.05) is 38.4 Å². The number of carbonyl (C=O) groups excluding carboxylic acids is 1. The molecule has 1 amide bonds. The van der Waals surface area contributed by atoms with Crippen LogP contribution in [0.2, 0.25) is 0 Å². The fraction of sp³-hybridized carbons (Fsp3) is 0.500. The fourth-order valence-corrected chi connectivity index (χ4v) is 2.84. The van der Waals surface area contributed by atoms with Gasteiger partial charge in [-0.3, -0.25) is 4.79 Å². The monoisotopic (exact) mass is 314 g/mol. The number of anilines is 1. The van der Waals surface area contributed by atoms with E-state index in [0.717, 1.165) is 21.1 Å². The summed E-state index contributed by atoms with van der Waals surface area (Å²) < 4.78 is 29.5. The van der Waals surface area contributed by atoms with Gasteiger partial charge >= 0.3 is 0 Å². The zero-order chi connectivity index (χ0) is 16.0. The second-order valence-electron chi connectivity index (χ2n) is 4.88. The van der Waals surface area contributed by atoms with Crippen LogP contribution < -0.4 is 5.32 Å². The molecule has 0 aromatic heterocycles.